The molecule has 1 heterocycles. The molecule has 0 saturated carbocycles. The van der Waals surface area contributed by atoms with E-state index in [1.807, 2.05) is 13.8 Å². The number of carbonyl (C=O) groups is 1. The van der Waals surface area contributed by atoms with E-state index in [0.29, 0.717) is 18.2 Å². The van der Waals surface area contributed by atoms with Gasteiger partial charge in [0, 0.05) is 13.3 Å². The molecule has 108 valence electrons. The maximum atomic E-state index is 11.7. The third-order valence-electron chi connectivity index (χ3n) is 2.49. The first kappa shape index (κ1) is 15.6. The quantitative estimate of drug-likeness (QED) is 0.799. The van der Waals surface area contributed by atoms with Crippen LogP contribution in [0.5, 0.6) is 0 Å². The first-order chi connectivity index (χ1) is 8.69. The highest BCUT2D eigenvalue weighted by Crippen LogP contribution is 2.18. The van der Waals surface area contributed by atoms with Crippen LogP contribution in [-0.4, -0.2) is 41.1 Å². The van der Waals surface area contributed by atoms with E-state index in [-0.39, 0.29) is 6.04 Å². The molecule has 0 aliphatic rings. The highest BCUT2D eigenvalue weighted by atomic mass is 32.2. The second kappa shape index (κ2) is 6.14. The molecule has 0 aliphatic heterocycles. The largest absolute Gasteiger partial charge is 0.345 e. The maximum absolute atomic E-state index is 11.7. The van der Waals surface area contributed by atoms with Crippen LogP contribution < -0.4 is 5.32 Å². The minimum atomic E-state index is -3.33. The summed E-state index contributed by atoms with van der Waals surface area (Å²) in [6, 6.07) is -0.332. The van der Waals surface area contributed by atoms with Gasteiger partial charge in [-0.25, -0.2) is 13.4 Å². The Kier molecular flexibility index (Phi) is 5.04. The van der Waals surface area contributed by atoms with E-state index < -0.39 is 21.5 Å². The average molecular weight is 288 g/mol. The SMILES string of the molecule is CC(C)C[C@H](NC(=O)CS(C)(=O)=O)c1ncnn1C. The fraction of sp³-hybridized carbons (Fsp3) is 0.727. The molecule has 0 saturated heterocycles. The number of nitrogens with zero attached hydrogens (tertiary/aromatic N) is 3. The van der Waals surface area contributed by atoms with Crippen molar-refractivity contribution in [1.82, 2.24) is 20.1 Å². The van der Waals surface area contributed by atoms with Crippen LogP contribution in [-0.2, 0) is 21.7 Å². The number of rotatable bonds is 6. The van der Waals surface area contributed by atoms with Crippen LogP contribution >= 0.6 is 0 Å². The molecule has 19 heavy (non-hydrogen) atoms. The maximum Gasteiger partial charge on any atom is 0.235 e. The number of aromatic nitrogens is 3. The molecular weight excluding hydrogens is 268 g/mol. The molecule has 0 aromatic carbocycles. The summed E-state index contributed by atoms with van der Waals surface area (Å²) in [7, 11) is -1.60. The predicted octanol–water partition coefficient (Wildman–Crippen LogP) is 0.0631. The van der Waals surface area contributed by atoms with Crippen molar-refractivity contribution in [2.24, 2.45) is 13.0 Å². The Labute approximate surface area is 113 Å². The van der Waals surface area contributed by atoms with E-state index in [9.17, 15) is 13.2 Å². The Morgan fingerprint density at radius 2 is 2.11 bits per heavy atom. The molecule has 1 rings (SSSR count). The van der Waals surface area contributed by atoms with Gasteiger partial charge in [-0.2, -0.15) is 5.10 Å². The first-order valence-electron chi connectivity index (χ1n) is 6.00. The lowest BCUT2D eigenvalue weighted by Crippen LogP contribution is -2.35. The molecule has 0 aliphatic carbocycles. The molecule has 0 spiro atoms. The minimum Gasteiger partial charge on any atom is -0.345 e. The van der Waals surface area contributed by atoms with Crippen LogP contribution in [0.4, 0.5) is 0 Å². The lowest BCUT2D eigenvalue weighted by atomic mass is 10.0. The average Bonchev–Trinajstić information content (AvgIpc) is 2.59. The molecule has 8 heteroatoms. The van der Waals surface area contributed by atoms with Crippen molar-refractivity contribution in [3.05, 3.63) is 12.2 Å². The third kappa shape index (κ3) is 5.37. The van der Waals surface area contributed by atoms with E-state index in [2.05, 4.69) is 15.4 Å². The fourth-order valence-corrected chi connectivity index (χ4v) is 2.35. The lowest BCUT2D eigenvalue weighted by Gasteiger charge is -2.19. The van der Waals surface area contributed by atoms with Crippen molar-refractivity contribution in [1.29, 1.82) is 0 Å². The third-order valence-corrected chi connectivity index (χ3v) is 3.28. The van der Waals surface area contributed by atoms with Crippen LogP contribution in [0.25, 0.3) is 0 Å². The number of aryl methyl sites for hydroxylation is 1. The van der Waals surface area contributed by atoms with E-state index in [0.717, 1.165) is 6.26 Å². The standard InChI is InChI=1S/C11H20N4O3S/c1-8(2)5-9(11-12-7-13-15(11)3)14-10(16)6-19(4,17)18/h7-9H,5-6H2,1-4H3,(H,14,16)/t9-/m0/s1. The monoisotopic (exact) mass is 288 g/mol. The van der Waals surface area contributed by atoms with Crippen LogP contribution in [0.1, 0.15) is 32.1 Å². The Morgan fingerprint density at radius 1 is 1.47 bits per heavy atom. The summed E-state index contributed by atoms with van der Waals surface area (Å²) in [5.74, 6) is -0.0775. The van der Waals surface area contributed by atoms with Gasteiger partial charge >= 0.3 is 0 Å². The summed E-state index contributed by atoms with van der Waals surface area (Å²) < 4.78 is 23.8. The zero-order valence-corrected chi connectivity index (χ0v) is 12.4. The van der Waals surface area contributed by atoms with Gasteiger partial charge < -0.3 is 5.32 Å². The minimum absolute atomic E-state index is 0.332. The Morgan fingerprint density at radius 3 is 2.53 bits per heavy atom. The van der Waals surface area contributed by atoms with E-state index in [1.165, 1.54) is 6.33 Å². The van der Waals surface area contributed by atoms with E-state index in [1.54, 1.807) is 11.7 Å². The Bertz CT molecular complexity index is 536. The van der Waals surface area contributed by atoms with E-state index in [4.69, 9.17) is 0 Å². The molecule has 1 aromatic rings. The van der Waals surface area contributed by atoms with Gasteiger partial charge in [0.05, 0.1) is 6.04 Å². The molecule has 1 N–H and O–H groups in total. The van der Waals surface area contributed by atoms with Crippen molar-refractivity contribution in [2.75, 3.05) is 12.0 Å². The number of amides is 1. The van der Waals surface area contributed by atoms with Crippen molar-refractivity contribution in [3.63, 3.8) is 0 Å². The Balaban J connectivity index is 2.82. The van der Waals surface area contributed by atoms with Crippen LogP contribution in [0.15, 0.2) is 6.33 Å². The smallest absolute Gasteiger partial charge is 0.235 e. The van der Waals surface area contributed by atoms with Gasteiger partial charge in [0.25, 0.3) is 0 Å². The van der Waals surface area contributed by atoms with E-state index >= 15 is 0 Å². The number of hydrogen-bond acceptors (Lipinski definition) is 5. The molecular formula is C11H20N4O3S. The molecule has 1 aromatic heterocycles. The van der Waals surface area contributed by atoms with Crippen molar-refractivity contribution in [3.8, 4) is 0 Å². The first-order valence-corrected chi connectivity index (χ1v) is 8.06. The van der Waals surface area contributed by atoms with Gasteiger partial charge in [-0.05, 0) is 12.3 Å². The number of sulfone groups is 1. The summed E-state index contributed by atoms with van der Waals surface area (Å²) in [6.45, 7) is 4.04. The topological polar surface area (TPSA) is 93.9 Å². The fourth-order valence-electron chi connectivity index (χ4n) is 1.80. The van der Waals surface area contributed by atoms with Gasteiger partial charge in [0.1, 0.15) is 17.9 Å². The summed E-state index contributed by atoms with van der Waals surface area (Å²) in [5, 5.41) is 6.67. The molecule has 0 radical (unpaired) electrons. The summed E-state index contributed by atoms with van der Waals surface area (Å²) in [5.41, 5.74) is 0. The van der Waals surface area contributed by atoms with Gasteiger partial charge in [-0.1, -0.05) is 13.8 Å². The molecule has 1 atom stereocenters. The van der Waals surface area contributed by atoms with Crippen LogP contribution in [0.3, 0.4) is 0 Å². The zero-order chi connectivity index (χ0) is 14.6. The van der Waals surface area contributed by atoms with Gasteiger partial charge in [0.15, 0.2) is 9.84 Å². The highest BCUT2D eigenvalue weighted by molar-refractivity contribution is 7.91. The second-order valence-corrected chi connectivity index (χ2v) is 7.20. The predicted molar refractivity (Wildman–Crippen MR) is 71.1 cm³/mol. The molecule has 0 fully saturated rings. The molecule has 1 amide bonds. The van der Waals surface area contributed by atoms with Crippen molar-refractivity contribution >= 4 is 15.7 Å². The van der Waals surface area contributed by atoms with Crippen LogP contribution in [0.2, 0.25) is 0 Å². The number of carbonyl (C=O) groups excluding carboxylic acids is 1. The number of hydrogen-bond donors (Lipinski definition) is 1. The van der Waals surface area contributed by atoms with Gasteiger partial charge in [-0.3, -0.25) is 9.48 Å². The Hall–Kier alpha value is -1.44. The van der Waals surface area contributed by atoms with Gasteiger partial charge in [-0.15, -0.1) is 0 Å². The van der Waals surface area contributed by atoms with Crippen molar-refractivity contribution < 1.29 is 13.2 Å². The summed E-state index contributed by atoms with van der Waals surface area (Å²) in [6.07, 6.45) is 3.11. The molecule has 0 bridgehead atoms. The lowest BCUT2D eigenvalue weighted by molar-refractivity contribution is -0.119. The summed E-state index contributed by atoms with van der Waals surface area (Å²) in [4.78, 5) is 15.8. The highest BCUT2D eigenvalue weighted by Gasteiger charge is 2.22. The zero-order valence-electron chi connectivity index (χ0n) is 11.6. The molecule has 0 unspecified atom stereocenters. The number of nitrogens with one attached hydrogen (secondary N) is 1. The van der Waals surface area contributed by atoms with Crippen LogP contribution in [0, 0.1) is 5.92 Å². The molecule has 7 nitrogen and oxygen atoms in total. The second-order valence-electron chi connectivity index (χ2n) is 5.06. The summed E-state index contributed by atoms with van der Waals surface area (Å²) >= 11 is 0. The van der Waals surface area contributed by atoms with Gasteiger partial charge in [0.2, 0.25) is 5.91 Å². The normalized spacial score (nSPS) is 13.5. The van der Waals surface area contributed by atoms with Crippen molar-refractivity contribution in [2.45, 2.75) is 26.3 Å².